The molecule has 0 spiro atoms. The molecular formula is C46H29NOS. The molecule has 10 aromatic rings. The lowest BCUT2D eigenvalue weighted by Gasteiger charge is -2.26. The normalized spacial score (nSPS) is 11.7. The van der Waals surface area contributed by atoms with Crippen LogP contribution in [0.25, 0.3) is 75.1 Å². The highest BCUT2D eigenvalue weighted by molar-refractivity contribution is 7.26. The van der Waals surface area contributed by atoms with E-state index in [2.05, 4.69) is 169 Å². The van der Waals surface area contributed by atoms with Crippen LogP contribution in [0.1, 0.15) is 0 Å². The number of fused-ring (bicyclic) bond motifs is 7. The van der Waals surface area contributed by atoms with E-state index in [1.54, 1.807) is 0 Å². The van der Waals surface area contributed by atoms with E-state index in [1.807, 2.05) is 23.5 Å². The summed E-state index contributed by atoms with van der Waals surface area (Å²) in [5.41, 5.74) is 10.1. The lowest BCUT2D eigenvalue weighted by atomic mass is 9.99. The van der Waals surface area contributed by atoms with Gasteiger partial charge >= 0.3 is 0 Å². The molecule has 2 heterocycles. The summed E-state index contributed by atoms with van der Waals surface area (Å²) in [5, 5.41) is 7.35. The van der Waals surface area contributed by atoms with Gasteiger partial charge in [-0.15, -0.1) is 11.3 Å². The molecule has 0 bridgehead atoms. The molecule has 0 N–H and O–H groups in total. The minimum absolute atomic E-state index is 0.922. The highest BCUT2D eigenvalue weighted by atomic mass is 32.1. The molecule has 0 atom stereocenters. The average molecular weight is 644 g/mol. The third-order valence-corrected chi connectivity index (χ3v) is 10.9. The maximum atomic E-state index is 6.19. The zero-order valence-corrected chi connectivity index (χ0v) is 27.3. The van der Waals surface area contributed by atoms with E-state index in [-0.39, 0.29) is 0 Å². The van der Waals surface area contributed by atoms with Gasteiger partial charge in [0.2, 0.25) is 0 Å². The second-order valence-electron chi connectivity index (χ2n) is 12.6. The fourth-order valence-corrected chi connectivity index (χ4v) is 8.48. The van der Waals surface area contributed by atoms with Crippen LogP contribution in [0.3, 0.4) is 0 Å². The summed E-state index contributed by atoms with van der Waals surface area (Å²) in [7, 11) is 0. The van der Waals surface area contributed by atoms with Crippen molar-refractivity contribution in [3.8, 4) is 22.3 Å². The molecule has 0 aliphatic rings. The van der Waals surface area contributed by atoms with E-state index < -0.39 is 0 Å². The molecule has 0 fully saturated rings. The largest absolute Gasteiger partial charge is 0.456 e. The smallest absolute Gasteiger partial charge is 0.136 e. The van der Waals surface area contributed by atoms with Crippen LogP contribution in [0, 0.1) is 0 Å². The molecule has 0 unspecified atom stereocenters. The molecule has 230 valence electrons. The van der Waals surface area contributed by atoms with Crippen molar-refractivity contribution >= 4 is 81.3 Å². The lowest BCUT2D eigenvalue weighted by molar-refractivity contribution is 0.669. The van der Waals surface area contributed by atoms with Gasteiger partial charge in [0.25, 0.3) is 0 Å². The molecule has 10 rings (SSSR count). The Morgan fingerprint density at radius 2 is 1.04 bits per heavy atom. The summed E-state index contributed by atoms with van der Waals surface area (Å²) in [6.07, 6.45) is 0. The molecule has 2 nitrogen and oxygen atoms in total. The predicted molar refractivity (Wildman–Crippen MR) is 210 cm³/mol. The molecule has 3 heteroatoms. The van der Waals surface area contributed by atoms with Crippen LogP contribution >= 0.6 is 11.3 Å². The molecular weight excluding hydrogens is 615 g/mol. The number of para-hydroxylation sites is 2. The lowest BCUT2D eigenvalue weighted by Crippen LogP contribution is -2.09. The molecule has 0 saturated carbocycles. The van der Waals surface area contributed by atoms with Crippen molar-refractivity contribution in [2.45, 2.75) is 0 Å². The highest BCUT2D eigenvalue weighted by Crippen LogP contribution is 2.42. The standard InChI is InChI=1S/C46H29NOS/c1-2-9-35(10-3-1)47(37-25-21-31(22-26-37)38-13-8-14-41-40-12-5-7-16-45(40)49-46(38)41)36-23-19-30(20-24-36)32-17-18-33-28-42-39-11-4-6-15-43(39)48-44(42)29-34(33)27-32/h1-29H. The Hall–Kier alpha value is -6.16. The van der Waals surface area contributed by atoms with E-state index in [9.17, 15) is 0 Å². The Labute approximate surface area is 287 Å². The van der Waals surface area contributed by atoms with Gasteiger partial charge in [-0.05, 0) is 99.8 Å². The predicted octanol–water partition coefficient (Wildman–Crippen LogP) is 13.9. The van der Waals surface area contributed by atoms with Gasteiger partial charge in [0.1, 0.15) is 11.2 Å². The number of anilines is 3. The van der Waals surface area contributed by atoms with E-state index in [1.165, 1.54) is 53.2 Å². The molecule has 0 saturated heterocycles. The van der Waals surface area contributed by atoms with Crippen LogP contribution < -0.4 is 4.90 Å². The molecule has 0 amide bonds. The van der Waals surface area contributed by atoms with E-state index in [4.69, 9.17) is 4.42 Å². The van der Waals surface area contributed by atoms with Gasteiger partial charge in [-0.2, -0.15) is 0 Å². The molecule has 2 aromatic heterocycles. The van der Waals surface area contributed by atoms with Crippen LogP contribution in [-0.2, 0) is 0 Å². The maximum Gasteiger partial charge on any atom is 0.136 e. The first-order valence-corrected chi connectivity index (χ1v) is 17.4. The summed E-state index contributed by atoms with van der Waals surface area (Å²) in [6, 6.07) is 63.2. The van der Waals surface area contributed by atoms with Gasteiger partial charge in [-0.25, -0.2) is 0 Å². The number of hydrogen-bond donors (Lipinski definition) is 0. The summed E-state index contributed by atoms with van der Waals surface area (Å²) in [5.74, 6) is 0. The Bertz CT molecular complexity index is 2810. The van der Waals surface area contributed by atoms with Crippen molar-refractivity contribution < 1.29 is 4.42 Å². The Kier molecular flexibility index (Phi) is 6.39. The van der Waals surface area contributed by atoms with Crippen molar-refractivity contribution in [1.29, 1.82) is 0 Å². The van der Waals surface area contributed by atoms with E-state index >= 15 is 0 Å². The Balaban J connectivity index is 1.00. The second-order valence-corrected chi connectivity index (χ2v) is 13.6. The number of benzene rings is 8. The summed E-state index contributed by atoms with van der Waals surface area (Å²) < 4.78 is 8.85. The number of rotatable bonds is 5. The minimum atomic E-state index is 0.922. The fourth-order valence-electron chi connectivity index (χ4n) is 7.24. The monoisotopic (exact) mass is 643 g/mol. The van der Waals surface area contributed by atoms with Crippen LogP contribution in [-0.4, -0.2) is 0 Å². The van der Waals surface area contributed by atoms with Crippen molar-refractivity contribution in [2.24, 2.45) is 0 Å². The number of hydrogen-bond acceptors (Lipinski definition) is 3. The zero-order chi connectivity index (χ0) is 32.3. The summed E-state index contributed by atoms with van der Waals surface area (Å²) in [6.45, 7) is 0. The number of thiophene rings is 1. The quantitative estimate of drug-likeness (QED) is 0.186. The first kappa shape index (κ1) is 27.9. The van der Waals surface area contributed by atoms with Crippen LogP contribution in [0.15, 0.2) is 180 Å². The Morgan fingerprint density at radius 1 is 0.388 bits per heavy atom. The summed E-state index contributed by atoms with van der Waals surface area (Å²) in [4.78, 5) is 2.33. The molecule has 8 aromatic carbocycles. The fraction of sp³-hybridized carbons (Fsp3) is 0. The van der Waals surface area contributed by atoms with Gasteiger partial charge in [-0.3, -0.25) is 0 Å². The number of furan rings is 1. The maximum absolute atomic E-state index is 6.19. The molecule has 0 radical (unpaired) electrons. The SMILES string of the molecule is c1ccc(N(c2ccc(-c3ccc4cc5c(cc4c3)oc3ccccc35)cc2)c2ccc(-c3cccc4c3sc3ccccc34)cc2)cc1. The van der Waals surface area contributed by atoms with Crippen molar-refractivity contribution in [3.63, 3.8) is 0 Å². The highest BCUT2D eigenvalue weighted by Gasteiger charge is 2.15. The minimum Gasteiger partial charge on any atom is -0.456 e. The first-order valence-electron chi connectivity index (χ1n) is 16.6. The van der Waals surface area contributed by atoms with Gasteiger partial charge in [0.05, 0.1) is 0 Å². The van der Waals surface area contributed by atoms with Crippen molar-refractivity contribution in [1.82, 2.24) is 0 Å². The van der Waals surface area contributed by atoms with Crippen LogP contribution in [0.5, 0.6) is 0 Å². The van der Waals surface area contributed by atoms with Gasteiger partial charge < -0.3 is 9.32 Å². The first-order chi connectivity index (χ1) is 24.3. The second kappa shape index (κ2) is 11.2. The van der Waals surface area contributed by atoms with Gasteiger partial charge in [0, 0.05) is 48.0 Å². The average Bonchev–Trinajstić information content (AvgIpc) is 3.73. The van der Waals surface area contributed by atoms with Gasteiger partial charge in [-0.1, -0.05) is 109 Å². The zero-order valence-electron chi connectivity index (χ0n) is 26.5. The van der Waals surface area contributed by atoms with E-state index in [0.29, 0.717) is 0 Å². The summed E-state index contributed by atoms with van der Waals surface area (Å²) >= 11 is 1.87. The third kappa shape index (κ3) is 4.70. The number of nitrogens with zero attached hydrogens (tertiary/aromatic N) is 1. The van der Waals surface area contributed by atoms with Crippen LogP contribution in [0.4, 0.5) is 17.1 Å². The molecule has 0 aliphatic carbocycles. The van der Waals surface area contributed by atoms with Crippen molar-refractivity contribution in [2.75, 3.05) is 4.90 Å². The van der Waals surface area contributed by atoms with Crippen molar-refractivity contribution in [3.05, 3.63) is 176 Å². The van der Waals surface area contributed by atoms with E-state index in [0.717, 1.165) is 39.0 Å². The van der Waals surface area contributed by atoms with Gasteiger partial charge in [0.15, 0.2) is 0 Å². The topological polar surface area (TPSA) is 16.4 Å². The third-order valence-electron chi connectivity index (χ3n) is 9.65. The molecule has 0 aliphatic heterocycles. The Morgan fingerprint density at radius 3 is 1.86 bits per heavy atom. The van der Waals surface area contributed by atoms with Crippen LogP contribution in [0.2, 0.25) is 0 Å². The molecule has 49 heavy (non-hydrogen) atoms.